The summed E-state index contributed by atoms with van der Waals surface area (Å²) in [6.07, 6.45) is 1.59. The molecule has 0 unspecified atom stereocenters. The fourth-order valence-electron chi connectivity index (χ4n) is 1.34. The van der Waals surface area contributed by atoms with Gasteiger partial charge in [0.2, 0.25) is 0 Å². The van der Waals surface area contributed by atoms with Crippen molar-refractivity contribution in [3.8, 4) is 0 Å². The average molecular weight is 248 g/mol. The van der Waals surface area contributed by atoms with E-state index in [4.69, 9.17) is 0 Å². The highest BCUT2D eigenvalue weighted by Gasteiger charge is 2.06. The largest absolute Gasteiger partial charge is 0.345 e. The van der Waals surface area contributed by atoms with Crippen LogP contribution in [-0.2, 0) is 13.6 Å². The fraction of sp³-hybridized carbons (Fsp3) is 0.182. The Kier molecular flexibility index (Phi) is 3.43. The summed E-state index contributed by atoms with van der Waals surface area (Å²) < 4.78 is 1.76. The first-order chi connectivity index (χ1) is 8.16. The Morgan fingerprint density at radius 3 is 2.71 bits per heavy atom. The van der Waals surface area contributed by atoms with Crippen molar-refractivity contribution in [1.29, 1.82) is 0 Å². The molecule has 1 aromatic heterocycles. The molecular weight excluding hydrogens is 236 g/mol. The number of carbonyl (C=O) groups excluding carboxylic acids is 1. The minimum atomic E-state index is -0.138. The van der Waals surface area contributed by atoms with Gasteiger partial charge >= 0.3 is 0 Å². The maximum Gasteiger partial charge on any atom is 0.251 e. The van der Waals surface area contributed by atoms with Crippen molar-refractivity contribution in [3.63, 3.8) is 0 Å². The number of carbonyl (C=O) groups is 1. The van der Waals surface area contributed by atoms with Crippen molar-refractivity contribution >= 4 is 18.5 Å². The van der Waals surface area contributed by atoms with Gasteiger partial charge in [0.05, 0.1) is 6.54 Å². The molecule has 0 fully saturated rings. The average Bonchev–Trinajstić information content (AvgIpc) is 2.73. The highest BCUT2D eigenvalue weighted by molar-refractivity contribution is 7.80. The van der Waals surface area contributed by atoms with Crippen LogP contribution in [0.15, 0.2) is 35.5 Å². The van der Waals surface area contributed by atoms with E-state index in [1.807, 2.05) is 7.05 Å². The molecule has 0 saturated heterocycles. The Balaban J connectivity index is 1.98. The van der Waals surface area contributed by atoms with Crippen LogP contribution in [0.25, 0.3) is 0 Å². The molecule has 0 atom stereocenters. The third kappa shape index (κ3) is 2.85. The zero-order valence-corrected chi connectivity index (χ0v) is 10.2. The van der Waals surface area contributed by atoms with Crippen LogP contribution >= 0.6 is 12.6 Å². The van der Waals surface area contributed by atoms with E-state index >= 15 is 0 Å². The molecule has 0 bridgehead atoms. The lowest BCUT2D eigenvalue weighted by molar-refractivity contribution is 0.0949. The van der Waals surface area contributed by atoms with Gasteiger partial charge in [-0.15, -0.1) is 22.8 Å². The van der Waals surface area contributed by atoms with Crippen LogP contribution < -0.4 is 5.32 Å². The smallest absolute Gasteiger partial charge is 0.251 e. The summed E-state index contributed by atoms with van der Waals surface area (Å²) >= 11 is 4.16. The van der Waals surface area contributed by atoms with Gasteiger partial charge in [0, 0.05) is 17.5 Å². The zero-order valence-electron chi connectivity index (χ0n) is 9.29. The van der Waals surface area contributed by atoms with E-state index in [1.54, 1.807) is 35.2 Å². The van der Waals surface area contributed by atoms with Crippen molar-refractivity contribution in [3.05, 3.63) is 42.0 Å². The van der Waals surface area contributed by atoms with E-state index in [0.29, 0.717) is 17.9 Å². The number of amides is 1. The number of rotatable bonds is 3. The lowest BCUT2D eigenvalue weighted by Crippen LogP contribution is -2.24. The van der Waals surface area contributed by atoms with Gasteiger partial charge in [0.1, 0.15) is 6.33 Å². The second kappa shape index (κ2) is 5.01. The number of aryl methyl sites for hydroxylation is 1. The number of thiol groups is 1. The second-order valence-electron chi connectivity index (χ2n) is 3.59. The highest BCUT2D eigenvalue weighted by atomic mass is 32.1. The molecular formula is C11H12N4OS. The number of aromatic nitrogens is 3. The van der Waals surface area contributed by atoms with E-state index < -0.39 is 0 Å². The summed E-state index contributed by atoms with van der Waals surface area (Å²) in [4.78, 5) is 12.6. The number of nitrogens with one attached hydrogen (secondary N) is 1. The lowest BCUT2D eigenvalue weighted by Gasteiger charge is -2.04. The zero-order chi connectivity index (χ0) is 12.3. The number of benzene rings is 1. The Labute approximate surface area is 104 Å². The van der Waals surface area contributed by atoms with Crippen molar-refractivity contribution in [2.24, 2.45) is 7.05 Å². The number of nitrogens with zero attached hydrogens (tertiary/aromatic N) is 3. The molecule has 1 aromatic carbocycles. The molecule has 6 heteroatoms. The third-order valence-corrected chi connectivity index (χ3v) is 2.64. The van der Waals surface area contributed by atoms with Gasteiger partial charge in [-0.25, -0.2) is 0 Å². The summed E-state index contributed by atoms with van der Waals surface area (Å²) in [5.74, 6) is 0.575. The predicted octanol–water partition coefficient (Wildman–Crippen LogP) is 1.03. The van der Waals surface area contributed by atoms with Gasteiger partial charge in [-0.1, -0.05) is 0 Å². The summed E-state index contributed by atoms with van der Waals surface area (Å²) in [5.41, 5.74) is 0.602. The van der Waals surface area contributed by atoms with Crippen molar-refractivity contribution in [2.45, 2.75) is 11.4 Å². The molecule has 88 valence electrons. The van der Waals surface area contributed by atoms with E-state index in [9.17, 15) is 4.79 Å². The van der Waals surface area contributed by atoms with Gasteiger partial charge in [-0.2, -0.15) is 0 Å². The van der Waals surface area contributed by atoms with E-state index in [2.05, 4.69) is 28.1 Å². The molecule has 0 radical (unpaired) electrons. The Hall–Kier alpha value is -1.82. The number of hydrogen-bond acceptors (Lipinski definition) is 4. The summed E-state index contributed by atoms with van der Waals surface area (Å²) in [6, 6.07) is 7.02. The molecule has 5 nitrogen and oxygen atoms in total. The first-order valence-corrected chi connectivity index (χ1v) is 5.51. The van der Waals surface area contributed by atoms with Crippen molar-refractivity contribution in [1.82, 2.24) is 20.1 Å². The van der Waals surface area contributed by atoms with Crippen LogP contribution in [0.4, 0.5) is 0 Å². The van der Waals surface area contributed by atoms with Crippen LogP contribution in [-0.4, -0.2) is 20.7 Å². The first-order valence-electron chi connectivity index (χ1n) is 5.07. The molecule has 17 heavy (non-hydrogen) atoms. The normalized spacial score (nSPS) is 10.2. The maximum atomic E-state index is 11.8. The molecule has 0 aliphatic heterocycles. The van der Waals surface area contributed by atoms with E-state index in [1.165, 1.54) is 0 Å². The first kappa shape index (κ1) is 11.7. The molecule has 2 aromatic rings. The van der Waals surface area contributed by atoms with Crippen LogP contribution in [0.1, 0.15) is 16.2 Å². The minimum absolute atomic E-state index is 0.138. The summed E-state index contributed by atoms with van der Waals surface area (Å²) in [7, 11) is 1.83. The van der Waals surface area contributed by atoms with Gasteiger partial charge in [0.25, 0.3) is 5.91 Å². The Morgan fingerprint density at radius 1 is 1.41 bits per heavy atom. The SMILES string of the molecule is Cn1cnnc1CNC(=O)c1ccc(S)cc1. The molecule has 0 saturated carbocycles. The third-order valence-electron chi connectivity index (χ3n) is 2.34. The minimum Gasteiger partial charge on any atom is -0.345 e. The van der Waals surface area contributed by atoms with Gasteiger partial charge in [-0.05, 0) is 24.3 Å². The molecule has 0 aliphatic rings. The van der Waals surface area contributed by atoms with E-state index in [0.717, 1.165) is 4.90 Å². The standard InChI is InChI=1S/C11H12N4OS/c1-15-7-13-14-10(15)6-12-11(16)8-2-4-9(17)5-3-8/h2-5,7,17H,6H2,1H3,(H,12,16). The molecule has 0 aliphatic carbocycles. The summed E-state index contributed by atoms with van der Waals surface area (Å²) in [5, 5.41) is 10.4. The number of hydrogen-bond donors (Lipinski definition) is 2. The van der Waals surface area contributed by atoms with Crippen molar-refractivity contribution < 1.29 is 4.79 Å². The van der Waals surface area contributed by atoms with Gasteiger partial charge in [-0.3, -0.25) is 4.79 Å². The highest BCUT2D eigenvalue weighted by Crippen LogP contribution is 2.07. The Morgan fingerprint density at radius 2 is 2.12 bits per heavy atom. The van der Waals surface area contributed by atoms with Crippen LogP contribution in [0.5, 0.6) is 0 Å². The Bertz CT molecular complexity index is 521. The van der Waals surface area contributed by atoms with Crippen LogP contribution in [0, 0.1) is 0 Å². The molecule has 1 heterocycles. The van der Waals surface area contributed by atoms with Crippen LogP contribution in [0.3, 0.4) is 0 Å². The predicted molar refractivity (Wildman–Crippen MR) is 65.9 cm³/mol. The lowest BCUT2D eigenvalue weighted by atomic mass is 10.2. The summed E-state index contributed by atoms with van der Waals surface area (Å²) in [6.45, 7) is 0.359. The molecule has 0 spiro atoms. The van der Waals surface area contributed by atoms with Crippen LogP contribution in [0.2, 0.25) is 0 Å². The maximum absolute atomic E-state index is 11.8. The van der Waals surface area contributed by atoms with Gasteiger partial charge in [0.15, 0.2) is 5.82 Å². The molecule has 1 amide bonds. The van der Waals surface area contributed by atoms with E-state index in [-0.39, 0.29) is 5.91 Å². The monoisotopic (exact) mass is 248 g/mol. The second-order valence-corrected chi connectivity index (χ2v) is 4.10. The quantitative estimate of drug-likeness (QED) is 0.798. The molecule has 2 rings (SSSR count). The van der Waals surface area contributed by atoms with Crippen molar-refractivity contribution in [2.75, 3.05) is 0 Å². The fourth-order valence-corrected chi connectivity index (χ4v) is 1.49. The topological polar surface area (TPSA) is 59.8 Å². The van der Waals surface area contributed by atoms with Gasteiger partial charge < -0.3 is 9.88 Å². The molecule has 1 N–H and O–H groups in total.